The van der Waals surface area contributed by atoms with Gasteiger partial charge in [0.05, 0.1) is 23.2 Å². The normalized spacial score (nSPS) is 14.1. The van der Waals surface area contributed by atoms with Gasteiger partial charge in [-0.05, 0) is 65.3 Å². The molecule has 0 saturated carbocycles. The molecule has 1 unspecified atom stereocenters. The van der Waals surface area contributed by atoms with E-state index >= 15 is 0 Å². The van der Waals surface area contributed by atoms with E-state index in [4.69, 9.17) is 9.47 Å². The Kier molecular flexibility index (Phi) is 26.6. The topological polar surface area (TPSA) is 147 Å². The number of hydrogen-bond donors (Lipinski definition) is 6. The summed E-state index contributed by atoms with van der Waals surface area (Å²) in [6.45, 7) is 25.5. The van der Waals surface area contributed by atoms with E-state index in [9.17, 15) is 19.2 Å². The van der Waals surface area contributed by atoms with Crippen molar-refractivity contribution < 1.29 is 28.7 Å². The lowest BCUT2D eigenvalue weighted by Gasteiger charge is -2.38. The lowest BCUT2D eigenvalue weighted by atomic mass is 9.78. The molecule has 0 heterocycles. The van der Waals surface area contributed by atoms with Gasteiger partial charge in [-0.15, -0.1) is 12.6 Å². The minimum Gasteiger partial charge on any atom is -0.377 e. The molecule has 47 heavy (non-hydrogen) atoms. The Labute approximate surface area is 306 Å². The predicted octanol–water partition coefficient (Wildman–Crippen LogP) is 5.01. The highest BCUT2D eigenvalue weighted by atomic mass is 127. The summed E-state index contributed by atoms with van der Waals surface area (Å²) in [6, 6.07) is 0. The second kappa shape index (κ2) is 24.9. The number of nitrogens with one attached hydrogen (secondary N) is 5. The van der Waals surface area contributed by atoms with E-state index in [1.165, 1.54) is 0 Å². The SMILES string of the molecule is CC.CC.CNC(=O)[C@@](S)(CCCCNC(=O)COCCOCCNC(=O)C(C)(C)CC(C)(C)NC(=O)C(C)(I)CC(C)(C)C)NC. The minimum absolute atomic E-state index is 0.0180. The van der Waals surface area contributed by atoms with Crippen LogP contribution in [0.1, 0.15) is 115 Å². The molecule has 0 aliphatic rings. The Balaban J connectivity index is -0.00000464. The summed E-state index contributed by atoms with van der Waals surface area (Å²) in [6.07, 6.45) is 3.16. The third-order valence-electron chi connectivity index (χ3n) is 6.73. The smallest absolute Gasteiger partial charge is 0.250 e. The Hall–Kier alpha value is -1.16. The van der Waals surface area contributed by atoms with Crippen molar-refractivity contribution in [2.75, 3.05) is 53.6 Å². The minimum atomic E-state index is -0.931. The second-order valence-corrected chi connectivity index (χ2v) is 16.9. The number of thiol groups is 1. The largest absolute Gasteiger partial charge is 0.377 e. The van der Waals surface area contributed by atoms with Gasteiger partial charge in [0.2, 0.25) is 23.6 Å². The zero-order chi connectivity index (χ0) is 37.5. The van der Waals surface area contributed by atoms with E-state index in [1.807, 2.05) is 62.3 Å². The molecule has 0 saturated heterocycles. The van der Waals surface area contributed by atoms with E-state index < -0.39 is 19.2 Å². The van der Waals surface area contributed by atoms with Crippen LogP contribution in [0, 0.1) is 10.8 Å². The fourth-order valence-corrected chi connectivity index (χ4v) is 6.50. The first-order valence-electron chi connectivity index (χ1n) is 17.0. The van der Waals surface area contributed by atoms with E-state index in [2.05, 4.69) is 82.6 Å². The summed E-state index contributed by atoms with van der Waals surface area (Å²) in [5.74, 6) is -0.552. The van der Waals surface area contributed by atoms with Crippen molar-refractivity contribution in [3.63, 3.8) is 0 Å². The Morgan fingerprint density at radius 1 is 0.702 bits per heavy atom. The van der Waals surface area contributed by atoms with Crippen molar-refractivity contribution in [3.8, 4) is 0 Å². The number of alkyl halides is 1. The number of likely N-dealkylation sites (N-methyl/N-ethyl adjacent to an activating group) is 2. The van der Waals surface area contributed by atoms with Gasteiger partial charge in [0, 0.05) is 31.1 Å². The summed E-state index contributed by atoms with van der Waals surface area (Å²) in [7, 11) is 3.25. The van der Waals surface area contributed by atoms with Gasteiger partial charge in [0.1, 0.15) is 11.5 Å². The van der Waals surface area contributed by atoms with Gasteiger partial charge in [0.25, 0.3) is 0 Å². The molecule has 0 aromatic heterocycles. The number of rotatable bonds is 21. The first-order chi connectivity index (χ1) is 21.6. The van der Waals surface area contributed by atoms with Crippen molar-refractivity contribution >= 4 is 58.8 Å². The van der Waals surface area contributed by atoms with Crippen LogP contribution in [-0.4, -0.2) is 91.1 Å². The number of unbranched alkanes of at least 4 members (excludes halogenated alkanes) is 1. The molecule has 0 rings (SSSR count). The standard InChI is InChI=1S/C30H58IN5O6S.2C2H6/c1-26(2,3)20-29(8,31)24(39)36-28(6,7)21-27(4,5)23(38)35-15-16-41-17-18-42-19-22(37)34-14-12-11-13-30(43,33-10)25(40)32-9;2*1-2/h33,43H,11-21H2,1-10H3,(H,32,40)(H,34,37)(H,35,38)(H,36,39);2*1-2H3/t29?,30-;;/m0../s1. The lowest BCUT2D eigenvalue weighted by molar-refractivity contribution is -0.132. The molecule has 0 bridgehead atoms. The van der Waals surface area contributed by atoms with E-state index in [0.29, 0.717) is 52.0 Å². The fraction of sp³-hybridized carbons (Fsp3) is 0.882. The summed E-state index contributed by atoms with van der Waals surface area (Å²) in [4.78, 5) is 48.8. The van der Waals surface area contributed by atoms with Crippen molar-refractivity contribution in [1.29, 1.82) is 0 Å². The van der Waals surface area contributed by atoms with Gasteiger partial charge in [-0.2, -0.15) is 0 Å². The monoisotopic (exact) mass is 803 g/mol. The molecule has 4 amide bonds. The molecule has 13 heteroatoms. The number of ether oxygens (including phenoxy) is 2. The maximum Gasteiger partial charge on any atom is 0.250 e. The van der Waals surface area contributed by atoms with Crippen LogP contribution in [0.15, 0.2) is 0 Å². The quantitative estimate of drug-likeness (QED) is 0.0315. The van der Waals surface area contributed by atoms with E-state index in [-0.39, 0.29) is 42.3 Å². The Bertz CT molecular complexity index is 912. The van der Waals surface area contributed by atoms with Crippen LogP contribution in [-0.2, 0) is 28.7 Å². The molecular formula is C34H70IN5O6S. The Morgan fingerprint density at radius 2 is 1.26 bits per heavy atom. The van der Waals surface area contributed by atoms with Crippen LogP contribution in [0.2, 0.25) is 0 Å². The molecule has 0 aromatic rings. The highest BCUT2D eigenvalue weighted by Gasteiger charge is 2.40. The highest BCUT2D eigenvalue weighted by Crippen LogP contribution is 2.35. The van der Waals surface area contributed by atoms with E-state index in [1.54, 1.807) is 14.1 Å². The van der Waals surface area contributed by atoms with Crippen molar-refractivity contribution in [2.45, 2.75) is 129 Å². The van der Waals surface area contributed by atoms with Crippen LogP contribution >= 0.6 is 35.2 Å². The van der Waals surface area contributed by atoms with Gasteiger partial charge in [0.15, 0.2) is 0 Å². The third-order valence-corrected chi connectivity index (χ3v) is 8.25. The first-order valence-corrected chi connectivity index (χ1v) is 18.5. The molecule has 0 spiro atoms. The number of carbonyl (C=O) groups excluding carboxylic acids is 4. The first kappa shape index (κ1) is 50.2. The molecule has 2 atom stereocenters. The van der Waals surface area contributed by atoms with Gasteiger partial charge in [-0.1, -0.05) is 84.9 Å². The fourth-order valence-electron chi connectivity index (χ4n) is 4.95. The summed E-state index contributed by atoms with van der Waals surface area (Å²) in [5.41, 5.74) is -1.25. The van der Waals surface area contributed by atoms with Crippen molar-refractivity contribution in [3.05, 3.63) is 0 Å². The number of hydrogen-bond acceptors (Lipinski definition) is 8. The second-order valence-electron chi connectivity index (χ2n) is 13.8. The highest BCUT2D eigenvalue weighted by molar-refractivity contribution is 14.1. The summed E-state index contributed by atoms with van der Waals surface area (Å²) < 4.78 is 10.3. The molecular weight excluding hydrogens is 733 g/mol. The van der Waals surface area contributed by atoms with Gasteiger partial charge >= 0.3 is 0 Å². The zero-order valence-corrected chi connectivity index (χ0v) is 35.1. The molecule has 11 nitrogen and oxygen atoms in total. The van der Waals surface area contributed by atoms with Gasteiger partial charge in [-0.25, -0.2) is 0 Å². The van der Waals surface area contributed by atoms with Crippen LogP contribution in [0.5, 0.6) is 0 Å². The average Bonchev–Trinajstić information content (AvgIpc) is 2.97. The van der Waals surface area contributed by atoms with Crippen LogP contribution in [0.4, 0.5) is 0 Å². The number of amides is 4. The maximum atomic E-state index is 13.0. The van der Waals surface area contributed by atoms with E-state index in [0.717, 1.165) is 6.42 Å². The number of carbonyl (C=O) groups is 4. The summed E-state index contributed by atoms with van der Waals surface area (Å²) >= 11 is 6.63. The molecule has 0 radical (unpaired) electrons. The van der Waals surface area contributed by atoms with Crippen molar-refractivity contribution in [2.24, 2.45) is 10.8 Å². The zero-order valence-electron chi connectivity index (χ0n) is 32.1. The predicted molar refractivity (Wildman–Crippen MR) is 206 cm³/mol. The molecule has 0 aliphatic carbocycles. The van der Waals surface area contributed by atoms with Gasteiger partial charge in [-0.3, -0.25) is 24.5 Å². The van der Waals surface area contributed by atoms with Crippen LogP contribution < -0.4 is 26.6 Å². The molecule has 0 aliphatic heterocycles. The van der Waals surface area contributed by atoms with Crippen molar-refractivity contribution in [1.82, 2.24) is 26.6 Å². The maximum absolute atomic E-state index is 13.0. The molecule has 280 valence electrons. The molecule has 0 aromatic carbocycles. The van der Waals surface area contributed by atoms with Gasteiger partial charge < -0.3 is 30.7 Å². The molecule has 5 N–H and O–H groups in total. The van der Waals surface area contributed by atoms with Crippen LogP contribution in [0.3, 0.4) is 0 Å². The Morgan fingerprint density at radius 3 is 1.77 bits per heavy atom. The lowest BCUT2D eigenvalue weighted by Crippen LogP contribution is -2.54. The average molecular weight is 804 g/mol. The summed E-state index contributed by atoms with van der Waals surface area (Å²) in [5, 5.41) is 14.4. The third kappa shape index (κ3) is 23.8. The number of halogens is 1. The molecule has 0 fully saturated rings. The van der Waals surface area contributed by atoms with Crippen LogP contribution in [0.25, 0.3) is 0 Å².